The van der Waals surface area contributed by atoms with E-state index in [9.17, 15) is 10.1 Å². The molecule has 1 saturated heterocycles. The van der Waals surface area contributed by atoms with Crippen LogP contribution in [0.25, 0.3) is 11.1 Å². The number of aromatic nitrogens is 4. The van der Waals surface area contributed by atoms with E-state index >= 15 is 0 Å². The first-order valence-corrected chi connectivity index (χ1v) is 12.7. The molecule has 3 aromatic rings. The van der Waals surface area contributed by atoms with Crippen LogP contribution < -0.4 is 4.90 Å². The van der Waals surface area contributed by atoms with Gasteiger partial charge in [-0.2, -0.15) is 15.5 Å². The maximum atomic E-state index is 12.3. The van der Waals surface area contributed by atoms with Gasteiger partial charge in [0.2, 0.25) is 5.91 Å². The second kappa shape index (κ2) is 8.79. The van der Waals surface area contributed by atoms with Gasteiger partial charge in [-0.1, -0.05) is 6.92 Å². The molecule has 0 radical (unpaired) electrons. The Morgan fingerprint density at radius 2 is 2.11 bits per heavy atom. The van der Waals surface area contributed by atoms with Gasteiger partial charge in [0.15, 0.2) is 5.82 Å². The topological polar surface area (TPSA) is 92.2 Å². The second-order valence-electron chi connectivity index (χ2n) is 10.2. The molecule has 36 heavy (non-hydrogen) atoms. The average molecular weight is 486 g/mol. The minimum atomic E-state index is 0.0871. The molecule has 0 spiro atoms. The summed E-state index contributed by atoms with van der Waals surface area (Å²) in [5.74, 6) is 1.35. The van der Waals surface area contributed by atoms with E-state index in [1.165, 1.54) is 11.3 Å². The van der Waals surface area contributed by atoms with E-state index in [4.69, 9.17) is 9.84 Å². The summed E-state index contributed by atoms with van der Waals surface area (Å²) in [4.78, 5) is 16.5. The molecule has 6 rings (SSSR count). The van der Waals surface area contributed by atoms with Crippen LogP contribution in [0.1, 0.15) is 61.0 Å². The van der Waals surface area contributed by atoms with E-state index in [2.05, 4.69) is 33.7 Å². The molecule has 9 heteroatoms. The number of ether oxygens (including phenoxy) is 1. The number of hydrogen-bond acceptors (Lipinski definition) is 6. The number of amides is 1. The fourth-order valence-electron chi connectivity index (χ4n) is 5.87. The summed E-state index contributed by atoms with van der Waals surface area (Å²) in [5.41, 5.74) is 7.07. The molecule has 2 aromatic heterocycles. The molecule has 1 aromatic carbocycles. The summed E-state index contributed by atoms with van der Waals surface area (Å²) < 4.78 is 9.62. The standard InChI is InChI=1S/C27H31N7O2/c1-17-4-8-33(26-10-19(12-28)23(11-22(17)26)20-13-29-31(3)14-20)27-24-15-32(18(2)35)7-5-25(24)34(30-27)21-6-9-36-16-21/h10-11,13-14,17,21H,4-9,15-16H2,1-3H3/t17?,21-/m1/s1. The van der Waals surface area contributed by atoms with Crippen molar-refractivity contribution < 1.29 is 9.53 Å². The smallest absolute Gasteiger partial charge is 0.219 e. The van der Waals surface area contributed by atoms with Gasteiger partial charge in [-0.3, -0.25) is 14.2 Å². The number of benzene rings is 1. The van der Waals surface area contributed by atoms with Crippen molar-refractivity contribution in [3.05, 3.63) is 46.9 Å². The van der Waals surface area contributed by atoms with E-state index in [0.29, 0.717) is 31.2 Å². The third-order valence-corrected chi connectivity index (χ3v) is 7.93. The van der Waals surface area contributed by atoms with Gasteiger partial charge in [0, 0.05) is 74.4 Å². The number of hydrogen-bond donors (Lipinski definition) is 0. The van der Waals surface area contributed by atoms with Gasteiger partial charge in [0.05, 0.1) is 37.0 Å². The van der Waals surface area contributed by atoms with Crippen molar-refractivity contribution in [3.8, 4) is 17.2 Å². The van der Waals surface area contributed by atoms with Gasteiger partial charge in [-0.15, -0.1) is 0 Å². The van der Waals surface area contributed by atoms with E-state index in [-0.39, 0.29) is 11.9 Å². The van der Waals surface area contributed by atoms with Crippen LogP contribution in [0.15, 0.2) is 24.5 Å². The number of nitriles is 1. The van der Waals surface area contributed by atoms with E-state index in [0.717, 1.165) is 60.6 Å². The Kier molecular flexibility index (Phi) is 5.56. The number of fused-ring (bicyclic) bond motifs is 2. The summed E-state index contributed by atoms with van der Waals surface area (Å²) in [5, 5.41) is 19.6. The Morgan fingerprint density at radius 3 is 2.81 bits per heavy atom. The zero-order valence-corrected chi connectivity index (χ0v) is 21.1. The zero-order valence-electron chi connectivity index (χ0n) is 21.1. The van der Waals surface area contributed by atoms with Crippen LogP contribution in [0.5, 0.6) is 0 Å². The van der Waals surface area contributed by atoms with Crippen LogP contribution in [-0.4, -0.2) is 56.7 Å². The van der Waals surface area contributed by atoms with Crippen LogP contribution in [0.4, 0.5) is 11.5 Å². The highest BCUT2D eigenvalue weighted by atomic mass is 16.5. The predicted octanol–water partition coefficient (Wildman–Crippen LogP) is 3.67. The highest BCUT2D eigenvalue weighted by Crippen LogP contribution is 2.44. The fourth-order valence-corrected chi connectivity index (χ4v) is 5.87. The van der Waals surface area contributed by atoms with Crippen molar-refractivity contribution in [2.75, 3.05) is 31.2 Å². The summed E-state index contributed by atoms with van der Waals surface area (Å²) in [6, 6.07) is 6.82. The van der Waals surface area contributed by atoms with Crippen LogP contribution in [0.3, 0.4) is 0 Å². The maximum absolute atomic E-state index is 12.3. The molecule has 5 heterocycles. The van der Waals surface area contributed by atoms with Crippen molar-refractivity contribution in [2.45, 2.75) is 51.6 Å². The molecule has 3 aliphatic heterocycles. The van der Waals surface area contributed by atoms with Crippen molar-refractivity contribution in [1.29, 1.82) is 5.26 Å². The molecule has 0 aliphatic carbocycles. The normalized spacial score (nSPS) is 21.3. The van der Waals surface area contributed by atoms with Crippen molar-refractivity contribution in [3.63, 3.8) is 0 Å². The van der Waals surface area contributed by atoms with Gasteiger partial charge >= 0.3 is 0 Å². The third kappa shape index (κ3) is 3.68. The fraction of sp³-hybridized carbons (Fsp3) is 0.481. The summed E-state index contributed by atoms with van der Waals surface area (Å²) >= 11 is 0. The minimum Gasteiger partial charge on any atom is -0.379 e. The lowest BCUT2D eigenvalue weighted by Crippen LogP contribution is -2.36. The van der Waals surface area contributed by atoms with Gasteiger partial charge in [-0.05, 0) is 36.5 Å². The average Bonchev–Trinajstić information content (AvgIpc) is 3.63. The van der Waals surface area contributed by atoms with Gasteiger partial charge in [-0.25, -0.2) is 0 Å². The number of nitrogens with zero attached hydrogens (tertiary/aromatic N) is 7. The monoisotopic (exact) mass is 485 g/mol. The maximum Gasteiger partial charge on any atom is 0.219 e. The van der Waals surface area contributed by atoms with Crippen LogP contribution in [0.2, 0.25) is 0 Å². The summed E-state index contributed by atoms with van der Waals surface area (Å²) in [6.45, 7) is 7.39. The van der Waals surface area contributed by atoms with E-state index in [1.807, 2.05) is 30.4 Å². The molecule has 1 unspecified atom stereocenters. The Balaban J connectivity index is 1.49. The lowest BCUT2D eigenvalue weighted by molar-refractivity contribution is -0.129. The van der Waals surface area contributed by atoms with Crippen LogP contribution in [0, 0.1) is 11.3 Å². The molecule has 0 bridgehead atoms. The predicted molar refractivity (Wildman–Crippen MR) is 135 cm³/mol. The largest absolute Gasteiger partial charge is 0.379 e. The van der Waals surface area contributed by atoms with Crippen molar-refractivity contribution in [2.24, 2.45) is 7.05 Å². The molecule has 9 nitrogen and oxygen atoms in total. The Hall–Kier alpha value is -3.64. The summed E-state index contributed by atoms with van der Waals surface area (Å²) in [7, 11) is 1.89. The number of rotatable bonds is 3. The van der Waals surface area contributed by atoms with E-state index in [1.54, 1.807) is 11.6 Å². The molecule has 3 aliphatic rings. The zero-order chi connectivity index (χ0) is 25.0. The number of anilines is 2. The SMILES string of the molecule is CC(=O)N1CCc2c(c(N3CCC(C)c4cc(-c5cnn(C)c5)c(C#N)cc43)nn2[C@@H]2CCOC2)C1. The van der Waals surface area contributed by atoms with Gasteiger partial charge in [0.25, 0.3) is 0 Å². The third-order valence-electron chi connectivity index (χ3n) is 7.93. The molecule has 1 fully saturated rings. The van der Waals surface area contributed by atoms with Crippen LogP contribution in [-0.2, 0) is 29.5 Å². The molecule has 0 saturated carbocycles. The Morgan fingerprint density at radius 1 is 1.25 bits per heavy atom. The van der Waals surface area contributed by atoms with Crippen molar-refractivity contribution >= 4 is 17.4 Å². The number of aryl methyl sites for hydroxylation is 1. The Labute approximate surface area is 210 Å². The quantitative estimate of drug-likeness (QED) is 0.562. The molecule has 0 N–H and O–H groups in total. The van der Waals surface area contributed by atoms with Gasteiger partial charge < -0.3 is 14.5 Å². The lowest BCUT2D eigenvalue weighted by Gasteiger charge is -2.35. The van der Waals surface area contributed by atoms with E-state index < -0.39 is 0 Å². The highest BCUT2D eigenvalue weighted by molar-refractivity contribution is 5.79. The highest BCUT2D eigenvalue weighted by Gasteiger charge is 2.35. The van der Waals surface area contributed by atoms with Crippen molar-refractivity contribution in [1.82, 2.24) is 24.5 Å². The number of carbonyl (C=O) groups excluding carboxylic acids is 1. The first-order valence-electron chi connectivity index (χ1n) is 12.7. The van der Waals surface area contributed by atoms with Gasteiger partial charge in [0.1, 0.15) is 0 Å². The van der Waals surface area contributed by atoms with Crippen LogP contribution >= 0.6 is 0 Å². The number of carbonyl (C=O) groups is 1. The molecule has 2 atom stereocenters. The lowest BCUT2D eigenvalue weighted by atomic mass is 9.87. The first-order chi connectivity index (χ1) is 17.4. The first kappa shape index (κ1) is 22.8. The molecule has 186 valence electrons. The molecular formula is C27H31N7O2. The molecular weight excluding hydrogens is 454 g/mol. The summed E-state index contributed by atoms with van der Waals surface area (Å²) in [6.07, 6.45) is 6.48. The minimum absolute atomic E-state index is 0.0871. The second-order valence-corrected chi connectivity index (χ2v) is 10.2. The molecule has 1 amide bonds. The Bertz CT molecular complexity index is 1380.